The Morgan fingerprint density at radius 1 is 1.00 bits per heavy atom. The number of hydrogen-bond acceptors (Lipinski definition) is 1. The van der Waals surface area contributed by atoms with E-state index in [0.29, 0.717) is 16.5 Å². The fourth-order valence-corrected chi connectivity index (χ4v) is 6.01. The van der Waals surface area contributed by atoms with Crippen LogP contribution in [0.2, 0.25) is 10.0 Å². The average Bonchev–Trinajstić information content (AvgIpc) is 2.41. The Morgan fingerprint density at radius 2 is 1.57 bits per heavy atom. The summed E-state index contributed by atoms with van der Waals surface area (Å²) in [5, 5.41) is 12.1. The van der Waals surface area contributed by atoms with E-state index in [1.807, 2.05) is 18.2 Å². The summed E-state index contributed by atoms with van der Waals surface area (Å²) in [5.41, 5.74) is 1.29. The summed E-state index contributed by atoms with van der Waals surface area (Å²) in [4.78, 5) is 0. The molecule has 4 aliphatic rings. The fourth-order valence-electron chi connectivity index (χ4n) is 5.69. The van der Waals surface area contributed by atoms with Gasteiger partial charge in [-0.1, -0.05) is 29.3 Å². The maximum atomic E-state index is 11.0. The van der Waals surface area contributed by atoms with Gasteiger partial charge in [0.05, 0.1) is 16.1 Å². The summed E-state index contributed by atoms with van der Waals surface area (Å²) in [6, 6.07) is 5.75. The Kier molecular flexibility index (Phi) is 3.52. The molecule has 0 amide bonds. The second-order valence-electron chi connectivity index (χ2n) is 7.75. The summed E-state index contributed by atoms with van der Waals surface area (Å²) in [6.07, 6.45) is 8.44. The Hall–Kier alpha value is -0.240. The van der Waals surface area contributed by atoms with E-state index >= 15 is 0 Å². The Labute approximate surface area is 136 Å². The molecule has 1 atom stereocenters. The van der Waals surface area contributed by atoms with Gasteiger partial charge < -0.3 is 5.11 Å². The smallest absolute Gasteiger partial charge is 0.0637 e. The van der Waals surface area contributed by atoms with Crippen molar-refractivity contribution in [3.8, 4) is 0 Å². The van der Waals surface area contributed by atoms with Crippen LogP contribution in [0.3, 0.4) is 0 Å². The van der Waals surface area contributed by atoms with Gasteiger partial charge >= 0.3 is 0 Å². The molecule has 3 heteroatoms. The van der Waals surface area contributed by atoms with Crippen LogP contribution in [0.4, 0.5) is 0 Å². The van der Waals surface area contributed by atoms with E-state index in [0.717, 1.165) is 23.3 Å². The predicted molar refractivity (Wildman–Crippen MR) is 86.8 cm³/mol. The SMILES string of the molecule is OC(Cc1ccc(Cl)c(Cl)c1)C12CC3CC(CC(C3)C1)C2. The zero-order valence-corrected chi connectivity index (χ0v) is 13.7. The normalized spacial score (nSPS) is 38.7. The van der Waals surface area contributed by atoms with E-state index in [1.54, 1.807) is 0 Å². The Bertz CT molecular complexity index is 519. The van der Waals surface area contributed by atoms with E-state index in [-0.39, 0.29) is 11.5 Å². The number of aliphatic hydroxyl groups excluding tert-OH is 1. The standard InChI is InChI=1S/C18H22Cl2O/c19-15-2-1-11(6-16(15)20)7-17(21)18-8-12-3-13(9-18)5-14(4-12)10-18/h1-2,6,12-14,17,21H,3-5,7-10H2. The van der Waals surface area contributed by atoms with E-state index in [2.05, 4.69) is 0 Å². The molecule has 0 heterocycles. The van der Waals surface area contributed by atoms with E-state index in [4.69, 9.17) is 23.2 Å². The van der Waals surface area contributed by atoms with Crippen LogP contribution in [0.15, 0.2) is 18.2 Å². The molecule has 0 aromatic heterocycles. The molecular formula is C18H22Cl2O. The lowest BCUT2D eigenvalue weighted by molar-refractivity contribution is -0.119. The topological polar surface area (TPSA) is 20.2 Å². The first kappa shape index (κ1) is 14.4. The molecule has 5 rings (SSSR count). The van der Waals surface area contributed by atoms with Crippen molar-refractivity contribution < 1.29 is 5.11 Å². The molecule has 0 radical (unpaired) electrons. The molecule has 1 aromatic carbocycles. The number of halogens is 2. The third kappa shape index (κ3) is 2.52. The number of hydrogen-bond donors (Lipinski definition) is 1. The molecule has 4 saturated carbocycles. The third-order valence-electron chi connectivity index (χ3n) is 6.21. The zero-order chi connectivity index (χ0) is 14.6. The lowest BCUT2D eigenvalue weighted by atomic mass is 9.48. The van der Waals surface area contributed by atoms with Gasteiger partial charge in [-0.05, 0) is 85.8 Å². The molecule has 1 nitrogen and oxygen atoms in total. The molecule has 4 aliphatic carbocycles. The van der Waals surface area contributed by atoms with Gasteiger partial charge in [-0.3, -0.25) is 0 Å². The third-order valence-corrected chi connectivity index (χ3v) is 6.94. The number of benzene rings is 1. The highest BCUT2D eigenvalue weighted by Gasteiger charge is 2.53. The molecule has 1 unspecified atom stereocenters. The number of aliphatic hydroxyl groups is 1. The van der Waals surface area contributed by atoms with Crippen LogP contribution in [0.25, 0.3) is 0 Å². The van der Waals surface area contributed by atoms with Crippen LogP contribution in [0.5, 0.6) is 0 Å². The molecule has 1 aromatic rings. The molecule has 0 aliphatic heterocycles. The summed E-state index contributed by atoms with van der Waals surface area (Å²) in [6.45, 7) is 0. The second-order valence-corrected chi connectivity index (χ2v) is 8.56. The molecule has 0 saturated heterocycles. The van der Waals surface area contributed by atoms with Crippen LogP contribution >= 0.6 is 23.2 Å². The lowest BCUT2D eigenvalue weighted by Crippen LogP contribution is -2.52. The molecule has 0 spiro atoms. The first-order valence-corrected chi connectivity index (χ1v) is 8.92. The maximum Gasteiger partial charge on any atom is 0.0637 e. The van der Waals surface area contributed by atoms with Crippen molar-refractivity contribution in [3.63, 3.8) is 0 Å². The van der Waals surface area contributed by atoms with Gasteiger partial charge in [-0.25, -0.2) is 0 Å². The van der Waals surface area contributed by atoms with E-state index < -0.39 is 0 Å². The summed E-state index contributed by atoms with van der Waals surface area (Å²) >= 11 is 12.1. The monoisotopic (exact) mass is 324 g/mol. The van der Waals surface area contributed by atoms with Crippen molar-refractivity contribution in [3.05, 3.63) is 33.8 Å². The average molecular weight is 325 g/mol. The highest BCUT2D eigenvalue weighted by molar-refractivity contribution is 6.42. The van der Waals surface area contributed by atoms with Gasteiger partial charge in [0, 0.05) is 0 Å². The van der Waals surface area contributed by atoms with Gasteiger partial charge in [0.25, 0.3) is 0 Å². The highest BCUT2D eigenvalue weighted by atomic mass is 35.5. The van der Waals surface area contributed by atoms with Crippen LogP contribution in [0.1, 0.15) is 44.1 Å². The van der Waals surface area contributed by atoms with E-state index in [1.165, 1.54) is 38.5 Å². The van der Waals surface area contributed by atoms with Crippen molar-refractivity contribution in [2.45, 2.75) is 51.0 Å². The van der Waals surface area contributed by atoms with Crippen molar-refractivity contribution in [2.75, 3.05) is 0 Å². The minimum atomic E-state index is -0.233. The summed E-state index contributed by atoms with van der Waals surface area (Å²) in [7, 11) is 0. The highest BCUT2D eigenvalue weighted by Crippen LogP contribution is 2.61. The zero-order valence-electron chi connectivity index (χ0n) is 12.2. The maximum absolute atomic E-state index is 11.0. The van der Waals surface area contributed by atoms with Crippen LogP contribution < -0.4 is 0 Å². The minimum Gasteiger partial charge on any atom is -0.392 e. The first-order valence-electron chi connectivity index (χ1n) is 8.16. The minimum absolute atomic E-state index is 0.181. The van der Waals surface area contributed by atoms with Gasteiger partial charge in [-0.2, -0.15) is 0 Å². The quantitative estimate of drug-likeness (QED) is 0.818. The van der Waals surface area contributed by atoms with Crippen molar-refractivity contribution >= 4 is 23.2 Å². The van der Waals surface area contributed by atoms with E-state index in [9.17, 15) is 5.11 Å². The van der Waals surface area contributed by atoms with Gasteiger partial charge in [-0.15, -0.1) is 0 Å². The second kappa shape index (κ2) is 5.15. The Morgan fingerprint density at radius 3 is 2.10 bits per heavy atom. The summed E-state index contributed by atoms with van der Waals surface area (Å²) < 4.78 is 0. The Balaban J connectivity index is 1.54. The van der Waals surface area contributed by atoms with Gasteiger partial charge in [0.15, 0.2) is 0 Å². The fraction of sp³-hybridized carbons (Fsp3) is 0.667. The molecule has 4 bridgehead atoms. The summed E-state index contributed by atoms with van der Waals surface area (Å²) in [5.74, 6) is 2.62. The van der Waals surface area contributed by atoms with Crippen molar-refractivity contribution in [1.29, 1.82) is 0 Å². The largest absolute Gasteiger partial charge is 0.392 e. The van der Waals surface area contributed by atoms with Gasteiger partial charge in [0.1, 0.15) is 0 Å². The van der Waals surface area contributed by atoms with Gasteiger partial charge in [0.2, 0.25) is 0 Å². The van der Waals surface area contributed by atoms with Crippen LogP contribution in [-0.2, 0) is 6.42 Å². The van der Waals surface area contributed by atoms with Crippen molar-refractivity contribution in [2.24, 2.45) is 23.2 Å². The predicted octanol–water partition coefficient (Wildman–Crippen LogP) is 5.11. The lowest BCUT2D eigenvalue weighted by Gasteiger charge is -2.58. The van der Waals surface area contributed by atoms with Crippen molar-refractivity contribution in [1.82, 2.24) is 0 Å². The molecule has 4 fully saturated rings. The molecule has 1 N–H and O–H groups in total. The molecule has 114 valence electrons. The van der Waals surface area contributed by atoms with Crippen LogP contribution in [-0.4, -0.2) is 11.2 Å². The molecular weight excluding hydrogens is 303 g/mol. The van der Waals surface area contributed by atoms with Crippen LogP contribution in [0, 0.1) is 23.2 Å². The first-order chi connectivity index (χ1) is 10.0. The molecule has 21 heavy (non-hydrogen) atoms. The number of rotatable bonds is 3.